The molecule has 1 heterocycles. The minimum absolute atomic E-state index is 0.793. The van der Waals surface area contributed by atoms with E-state index < -0.39 is 12.1 Å². The van der Waals surface area contributed by atoms with Gasteiger partial charge >= 0.3 is 12.1 Å². The number of carbonyl (C=O) groups is 1. The Morgan fingerprint density at radius 2 is 1.42 bits per heavy atom. The van der Waals surface area contributed by atoms with E-state index in [0.717, 1.165) is 41.2 Å². The largest absolute Gasteiger partial charge is 0.490 e. The van der Waals surface area contributed by atoms with Gasteiger partial charge in [0.15, 0.2) is 0 Å². The van der Waals surface area contributed by atoms with E-state index in [1.165, 1.54) is 22.3 Å². The van der Waals surface area contributed by atoms with Crippen molar-refractivity contribution in [2.75, 3.05) is 5.73 Å². The molecule has 5 aromatic rings. The zero-order chi connectivity index (χ0) is 27.1. The van der Waals surface area contributed by atoms with Crippen LogP contribution in [0.15, 0.2) is 97.1 Å². The summed E-state index contributed by atoms with van der Waals surface area (Å²) < 4.78 is 31.7. The van der Waals surface area contributed by atoms with Gasteiger partial charge in [0.05, 0.1) is 11.0 Å². The van der Waals surface area contributed by atoms with Crippen LogP contribution in [0.3, 0.4) is 0 Å². The Morgan fingerprint density at radius 3 is 2.05 bits per heavy atom. The highest BCUT2D eigenvalue weighted by Crippen LogP contribution is 2.25. The van der Waals surface area contributed by atoms with Gasteiger partial charge in [0.1, 0.15) is 5.82 Å². The van der Waals surface area contributed by atoms with Crippen molar-refractivity contribution in [1.82, 2.24) is 15.3 Å². The number of H-pyrrole nitrogens is 1. The van der Waals surface area contributed by atoms with E-state index in [9.17, 15) is 13.2 Å². The SMILES string of the molecule is Nc1cccc(CNCc2cccc(-c3ccc(-c4nc5ccccc5[nH]4)cc3)c2)c1.O=C(O)C(F)(F)F. The number of hydrogen-bond acceptors (Lipinski definition) is 4. The number of anilines is 1. The van der Waals surface area contributed by atoms with Gasteiger partial charge in [-0.1, -0.05) is 66.7 Å². The van der Waals surface area contributed by atoms with Crippen molar-refractivity contribution >= 4 is 22.7 Å². The molecule has 38 heavy (non-hydrogen) atoms. The third kappa shape index (κ3) is 6.98. The Bertz CT molecular complexity index is 1500. The lowest BCUT2D eigenvalue weighted by Gasteiger charge is -2.09. The number of aliphatic carboxylic acids is 1. The molecule has 0 aliphatic rings. The molecule has 9 heteroatoms. The highest BCUT2D eigenvalue weighted by molar-refractivity contribution is 5.79. The maximum atomic E-state index is 10.6. The lowest BCUT2D eigenvalue weighted by Crippen LogP contribution is -2.21. The number of nitrogen functional groups attached to an aromatic ring is 1. The first-order chi connectivity index (χ1) is 18.2. The summed E-state index contributed by atoms with van der Waals surface area (Å²) in [5, 5.41) is 10.6. The quantitative estimate of drug-likeness (QED) is 0.195. The number of aromatic nitrogens is 2. The van der Waals surface area contributed by atoms with Gasteiger partial charge in [0.2, 0.25) is 0 Å². The van der Waals surface area contributed by atoms with Crippen LogP contribution in [0.5, 0.6) is 0 Å². The number of aromatic amines is 1. The number of carboxylic acid groups (broad SMARTS) is 1. The molecule has 4 aromatic carbocycles. The van der Waals surface area contributed by atoms with E-state index in [0.29, 0.717) is 0 Å². The minimum atomic E-state index is -5.08. The van der Waals surface area contributed by atoms with Crippen molar-refractivity contribution < 1.29 is 23.1 Å². The normalized spacial score (nSPS) is 11.1. The zero-order valence-corrected chi connectivity index (χ0v) is 20.2. The molecule has 0 atom stereocenters. The van der Waals surface area contributed by atoms with Gasteiger partial charge in [-0.2, -0.15) is 13.2 Å². The fourth-order valence-corrected chi connectivity index (χ4v) is 3.83. The topological polar surface area (TPSA) is 104 Å². The van der Waals surface area contributed by atoms with Gasteiger partial charge in [0, 0.05) is 24.3 Å². The maximum absolute atomic E-state index is 10.6. The van der Waals surface area contributed by atoms with Crippen molar-refractivity contribution in [3.05, 3.63) is 108 Å². The monoisotopic (exact) mass is 518 g/mol. The Kier molecular flexibility index (Phi) is 8.08. The fraction of sp³-hybridized carbons (Fsp3) is 0.103. The van der Waals surface area contributed by atoms with E-state index in [1.807, 2.05) is 42.5 Å². The summed E-state index contributed by atoms with van der Waals surface area (Å²) in [5.74, 6) is -1.86. The number of alkyl halides is 3. The predicted molar refractivity (Wildman–Crippen MR) is 142 cm³/mol. The number of benzene rings is 4. The number of halogens is 3. The number of carboxylic acids is 1. The summed E-state index contributed by atoms with van der Waals surface area (Å²) >= 11 is 0. The molecule has 0 aliphatic carbocycles. The van der Waals surface area contributed by atoms with Crippen molar-refractivity contribution in [2.45, 2.75) is 19.3 Å². The molecule has 0 fully saturated rings. The van der Waals surface area contributed by atoms with Gasteiger partial charge in [-0.15, -0.1) is 0 Å². The van der Waals surface area contributed by atoms with Crippen LogP contribution in [0.4, 0.5) is 18.9 Å². The summed E-state index contributed by atoms with van der Waals surface area (Å²) in [6.45, 7) is 1.60. The van der Waals surface area contributed by atoms with Crippen LogP contribution in [0.2, 0.25) is 0 Å². The number of nitrogens with two attached hydrogens (primary N) is 1. The van der Waals surface area contributed by atoms with E-state index >= 15 is 0 Å². The molecule has 0 saturated heterocycles. The van der Waals surface area contributed by atoms with Crippen LogP contribution in [0, 0.1) is 0 Å². The van der Waals surface area contributed by atoms with Gasteiger partial charge in [-0.25, -0.2) is 9.78 Å². The second kappa shape index (κ2) is 11.6. The molecule has 5 rings (SSSR count). The zero-order valence-electron chi connectivity index (χ0n) is 20.2. The minimum Gasteiger partial charge on any atom is -0.475 e. The number of rotatable bonds is 6. The molecule has 0 saturated carbocycles. The third-order valence-electron chi connectivity index (χ3n) is 5.66. The van der Waals surface area contributed by atoms with Crippen LogP contribution < -0.4 is 11.1 Å². The van der Waals surface area contributed by atoms with Crippen molar-refractivity contribution in [2.24, 2.45) is 0 Å². The van der Waals surface area contributed by atoms with Gasteiger partial charge in [-0.05, 0) is 52.6 Å². The second-order valence-corrected chi connectivity index (χ2v) is 8.53. The predicted octanol–water partition coefficient (Wildman–Crippen LogP) is 6.40. The number of imidazole rings is 1. The summed E-state index contributed by atoms with van der Waals surface area (Å²) in [5.41, 5.74) is 14.6. The van der Waals surface area contributed by atoms with Crippen LogP contribution in [0.25, 0.3) is 33.5 Å². The first kappa shape index (κ1) is 26.4. The van der Waals surface area contributed by atoms with Crippen molar-refractivity contribution in [3.63, 3.8) is 0 Å². The highest BCUT2D eigenvalue weighted by Gasteiger charge is 2.38. The average molecular weight is 519 g/mol. The lowest BCUT2D eigenvalue weighted by atomic mass is 10.0. The van der Waals surface area contributed by atoms with E-state index in [-0.39, 0.29) is 0 Å². The van der Waals surface area contributed by atoms with Gasteiger partial charge in [-0.3, -0.25) is 0 Å². The molecular formula is C29H25F3N4O2. The molecule has 194 valence electrons. The molecule has 0 unspecified atom stereocenters. The van der Waals surface area contributed by atoms with Gasteiger partial charge in [0.25, 0.3) is 0 Å². The van der Waals surface area contributed by atoms with Crippen LogP contribution in [-0.4, -0.2) is 27.2 Å². The van der Waals surface area contributed by atoms with Gasteiger partial charge < -0.3 is 21.1 Å². The summed E-state index contributed by atoms with van der Waals surface area (Å²) in [6, 6.07) is 33.3. The van der Waals surface area contributed by atoms with Crippen LogP contribution in [-0.2, 0) is 17.9 Å². The molecule has 0 radical (unpaired) electrons. The third-order valence-corrected chi connectivity index (χ3v) is 5.66. The summed E-state index contributed by atoms with van der Waals surface area (Å²) in [6.07, 6.45) is -5.08. The number of nitrogens with one attached hydrogen (secondary N) is 2. The Morgan fingerprint density at radius 1 is 0.816 bits per heavy atom. The molecule has 0 bridgehead atoms. The first-order valence-corrected chi connectivity index (χ1v) is 11.7. The maximum Gasteiger partial charge on any atom is 0.490 e. The Balaban J connectivity index is 0.000000426. The molecular weight excluding hydrogens is 493 g/mol. The van der Waals surface area contributed by atoms with Crippen LogP contribution >= 0.6 is 0 Å². The number of hydrogen-bond donors (Lipinski definition) is 4. The number of fused-ring (bicyclic) bond motifs is 1. The highest BCUT2D eigenvalue weighted by atomic mass is 19.4. The Hall–Kier alpha value is -4.63. The van der Waals surface area contributed by atoms with E-state index in [1.54, 1.807) is 0 Å². The summed E-state index contributed by atoms with van der Waals surface area (Å²) in [4.78, 5) is 17.0. The lowest BCUT2D eigenvalue weighted by molar-refractivity contribution is -0.192. The smallest absolute Gasteiger partial charge is 0.475 e. The van der Waals surface area contributed by atoms with E-state index in [2.05, 4.69) is 64.9 Å². The van der Waals surface area contributed by atoms with Crippen molar-refractivity contribution in [3.8, 4) is 22.5 Å². The molecule has 0 aliphatic heterocycles. The van der Waals surface area contributed by atoms with Crippen molar-refractivity contribution in [1.29, 1.82) is 0 Å². The molecule has 5 N–H and O–H groups in total. The molecule has 1 aromatic heterocycles. The molecule has 0 amide bonds. The van der Waals surface area contributed by atoms with E-state index in [4.69, 9.17) is 20.6 Å². The number of para-hydroxylation sites is 2. The summed E-state index contributed by atoms with van der Waals surface area (Å²) in [7, 11) is 0. The second-order valence-electron chi connectivity index (χ2n) is 8.53. The molecule has 0 spiro atoms. The average Bonchev–Trinajstić information content (AvgIpc) is 3.33. The standard InChI is InChI=1S/C27H24N4.C2HF3O2/c28-24-8-4-6-20(16-24)18-29-17-19-5-3-7-23(15-19)21-11-13-22(14-12-21)27-30-25-9-1-2-10-26(25)31-27;3-2(4,5)1(6)7/h1-16,29H,17-18,28H2,(H,30,31);(H,6,7). The number of nitrogens with zero attached hydrogens (tertiary/aromatic N) is 1. The molecule has 6 nitrogen and oxygen atoms in total. The Labute approximate surface area is 217 Å². The first-order valence-electron chi connectivity index (χ1n) is 11.7. The fourth-order valence-electron chi connectivity index (χ4n) is 3.83. The van der Waals surface area contributed by atoms with Crippen LogP contribution in [0.1, 0.15) is 11.1 Å².